The molecule has 1 unspecified atom stereocenters. The van der Waals surface area contributed by atoms with Gasteiger partial charge in [-0.25, -0.2) is 0 Å². The van der Waals surface area contributed by atoms with Crippen LogP contribution in [0.2, 0.25) is 0 Å². The maximum absolute atomic E-state index is 12.6. The zero-order valence-electron chi connectivity index (χ0n) is 15.2. The van der Waals surface area contributed by atoms with E-state index in [9.17, 15) is 27.6 Å². The molecule has 29 heavy (non-hydrogen) atoms. The number of amides is 2. The lowest BCUT2D eigenvalue weighted by Crippen LogP contribution is -2.40. The van der Waals surface area contributed by atoms with Crippen LogP contribution in [0.3, 0.4) is 0 Å². The summed E-state index contributed by atoms with van der Waals surface area (Å²) in [5.41, 5.74) is 0.334. The number of esters is 1. The van der Waals surface area contributed by atoms with Crippen LogP contribution >= 0.6 is 11.3 Å². The number of rotatable bonds is 8. The van der Waals surface area contributed by atoms with Gasteiger partial charge >= 0.3 is 18.1 Å². The number of hydrogen-bond donors (Lipinski definition) is 2. The van der Waals surface area contributed by atoms with Crippen molar-refractivity contribution in [2.24, 2.45) is 0 Å². The van der Waals surface area contributed by atoms with E-state index in [2.05, 4.69) is 15.5 Å². The number of anilines is 1. The van der Waals surface area contributed by atoms with Crippen molar-refractivity contribution in [1.82, 2.24) is 15.5 Å². The summed E-state index contributed by atoms with van der Waals surface area (Å²) >= 11 is 0.934. The topological polar surface area (TPSA) is 110 Å². The molecule has 1 heterocycles. The van der Waals surface area contributed by atoms with Crippen LogP contribution in [-0.2, 0) is 25.5 Å². The second-order valence-electron chi connectivity index (χ2n) is 5.67. The van der Waals surface area contributed by atoms with Crippen molar-refractivity contribution in [3.63, 3.8) is 0 Å². The van der Waals surface area contributed by atoms with Crippen molar-refractivity contribution in [2.45, 2.75) is 32.0 Å². The van der Waals surface area contributed by atoms with Crippen LogP contribution < -0.4 is 10.6 Å². The van der Waals surface area contributed by atoms with Crippen molar-refractivity contribution < 1.29 is 32.3 Å². The number of alkyl halides is 3. The average molecular weight is 430 g/mol. The van der Waals surface area contributed by atoms with Crippen LogP contribution in [-0.4, -0.2) is 40.8 Å². The van der Waals surface area contributed by atoms with Gasteiger partial charge in [0.15, 0.2) is 0 Å². The smallest absolute Gasteiger partial charge is 0.466 e. The SMILES string of the molecule is CCOC(=O)Cc1nnc(NC(=O)CC(NC(=O)C(F)(F)F)c2ccccc2)s1. The Kier molecular flexibility index (Phi) is 7.65. The van der Waals surface area contributed by atoms with Gasteiger partial charge in [-0.2, -0.15) is 13.2 Å². The summed E-state index contributed by atoms with van der Waals surface area (Å²) in [4.78, 5) is 35.0. The second-order valence-corrected chi connectivity index (χ2v) is 6.73. The lowest BCUT2D eigenvalue weighted by Gasteiger charge is -2.19. The molecular weight excluding hydrogens is 413 g/mol. The molecule has 0 saturated carbocycles. The van der Waals surface area contributed by atoms with Crippen molar-refractivity contribution in [3.8, 4) is 0 Å². The van der Waals surface area contributed by atoms with E-state index >= 15 is 0 Å². The molecule has 2 amide bonds. The molecule has 1 aromatic heterocycles. The monoisotopic (exact) mass is 430 g/mol. The van der Waals surface area contributed by atoms with E-state index in [0.29, 0.717) is 10.6 Å². The molecular formula is C17H17F3N4O4S. The molecule has 2 rings (SSSR count). The Morgan fingerprint density at radius 2 is 1.86 bits per heavy atom. The lowest BCUT2D eigenvalue weighted by molar-refractivity contribution is -0.174. The molecule has 0 bridgehead atoms. The zero-order valence-corrected chi connectivity index (χ0v) is 16.0. The first-order chi connectivity index (χ1) is 13.7. The molecule has 0 radical (unpaired) electrons. The number of nitrogens with zero attached hydrogens (tertiary/aromatic N) is 2. The third kappa shape index (κ3) is 7.14. The predicted molar refractivity (Wildman–Crippen MR) is 96.9 cm³/mol. The fourth-order valence-electron chi connectivity index (χ4n) is 2.24. The van der Waals surface area contributed by atoms with Crippen LogP contribution in [0.4, 0.5) is 18.3 Å². The van der Waals surface area contributed by atoms with Crippen molar-refractivity contribution in [3.05, 3.63) is 40.9 Å². The van der Waals surface area contributed by atoms with E-state index in [-0.39, 0.29) is 18.2 Å². The van der Waals surface area contributed by atoms with Gasteiger partial charge in [0.25, 0.3) is 0 Å². The van der Waals surface area contributed by atoms with Crippen LogP contribution in [0.25, 0.3) is 0 Å². The van der Waals surface area contributed by atoms with E-state index in [1.165, 1.54) is 12.1 Å². The zero-order chi connectivity index (χ0) is 21.4. The summed E-state index contributed by atoms with van der Waals surface area (Å²) in [6.07, 6.45) is -5.65. The Labute approximate surface area is 167 Å². The summed E-state index contributed by atoms with van der Waals surface area (Å²) < 4.78 is 42.6. The lowest BCUT2D eigenvalue weighted by atomic mass is 10.0. The summed E-state index contributed by atoms with van der Waals surface area (Å²) in [5, 5.41) is 12.1. The van der Waals surface area contributed by atoms with Crippen LogP contribution in [0.1, 0.15) is 30.0 Å². The van der Waals surface area contributed by atoms with Gasteiger partial charge in [-0.05, 0) is 12.5 Å². The molecule has 2 aromatic rings. The van der Waals surface area contributed by atoms with E-state index in [0.717, 1.165) is 11.3 Å². The molecule has 8 nitrogen and oxygen atoms in total. The number of carbonyl (C=O) groups is 3. The molecule has 0 aliphatic rings. The van der Waals surface area contributed by atoms with E-state index in [1.807, 2.05) is 5.32 Å². The number of ether oxygens (including phenoxy) is 1. The Hall–Kier alpha value is -3.02. The molecule has 0 aliphatic carbocycles. The minimum Gasteiger partial charge on any atom is -0.466 e. The van der Waals surface area contributed by atoms with Gasteiger partial charge in [-0.1, -0.05) is 41.7 Å². The number of halogens is 3. The van der Waals surface area contributed by atoms with Crippen LogP contribution in [0.5, 0.6) is 0 Å². The van der Waals surface area contributed by atoms with Gasteiger partial charge in [0.05, 0.1) is 25.5 Å². The summed E-state index contributed by atoms with van der Waals surface area (Å²) in [7, 11) is 0. The quantitative estimate of drug-likeness (QED) is 0.623. The normalized spacial score (nSPS) is 12.1. The predicted octanol–water partition coefficient (Wildman–Crippen LogP) is 2.39. The fraction of sp³-hybridized carbons (Fsp3) is 0.353. The van der Waals surface area contributed by atoms with Crippen molar-refractivity contribution >= 4 is 34.3 Å². The number of benzene rings is 1. The summed E-state index contributed by atoms with van der Waals surface area (Å²) in [6, 6.07) is 6.60. The number of carbonyl (C=O) groups excluding carboxylic acids is 3. The Balaban J connectivity index is 2.03. The first kappa shape index (κ1) is 22.3. The maximum atomic E-state index is 12.6. The maximum Gasteiger partial charge on any atom is 0.471 e. The minimum atomic E-state index is -5.08. The van der Waals surface area contributed by atoms with Gasteiger partial charge in [-0.15, -0.1) is 10.2 Å². The highest BCUT2D eigenvalue weighted by Crippen LogP contribution is 2.22. The van der Waals surface area contributed by atoms with Gasteiger partial charge in [-0.3, -0.25) is 14.4 Å². The summed E-state index contributed by atoms with van der Waals surface area (Å²) in [6.45, 7) is 1.87. The molecule has 1 atom stereocenters. The molecule has 156 valence electrons. The highest BCUT2D eigenvalue weighted by molar-refractivity contribution is 7.15. The third-order valence-electron chi connectivity index (χ3n) is 3.47. The fourth-order valence-corrected chi connectivity index (χ4v) is 2.99. The highest BCUT2D eigenvalue weighted by atomic mass is 32.1. The molecule has 0 spiro atoms. The largest absolute Gasteiger partial charge is 0.471 e. The average Bonchev–Trinajstić information content (AvgIpc) is 3.07. The highest BCUT2D eigenvalue weighted by Gasteiger charge is 2.40. The minimum absolute atomic E-state index is 0.0725. The molecule has 0 fully saturated rings. The van der Waals surface area contributed by atoms with Gasteiger partial charge in [0.2, 0.25) is 11.0 Å². The van der Waals surface area contributed by atoms with Crippen LogP contribution in [0, 0.1) is 0 Å². The van der Waals surface area contributed by atoms with Gasteiger partial charge in [0.1, 0.15) is 5.01 Å². The Morgan fingerprint density at radius 1 is 1.17 bits per heavy atom. The number of hydrogen-bond acceptors (Lipinski definition) is 7. The van der Waals surface area contributed by atoms with Crippen molar-refractivity contribution in [1.29, 1.82) is 0 Å². The molecule has 0 aliphatic heterocycles. The molecule has 12 heteroatoms. The van der Waals surface area contributed by atoms with Crippen LogP contribution in [0.15, 0.2) is 30.3 Å². The Bertz CT molecular complexity index is 858. The van der Waals surface area contributed by atoms with Gasteiger partial charge < -0.3 is 15.4 Å². The first-order valence-electron chi connectivity index (χ1n) is 8.39. The first-order valence-corrected chi connectivity index (χ1v) is 9.21. The standard InChI is InChI=1S/C17H17F3N4O4S/c1-2-28-14(26)9-13-23-24-16(29-13)22-12(25)8-11(10-6-4-3-5-7-10)21-15(27)17(18,19)20/h3-7,11H,2,8-9H2,1H3,(H,21,27)(H,22,24,25). The second kappa shape index (κ2) is 9.96. The van der Waals surface area contributed by atoms with Gasteiger partial charge in [0, 0.05) is 0 Å². The number of nitrogens with one attached hydrogen (secondary N) is 2. The van der Waals surface area contributed by atoms with Crippen molar-refractivity contribution in [2.75, 3.05) is 11.9 Å². The molecule has 1 aromatic carbocycles. The molecule has 2 N–H and O–H groups in total. The number of aromatic nitrogens is 2. The Morgan fingerprint density at radius 3 is 2.48 bits per heavy atom. The third-order valence-corrected chi connectivity index (χ3v) is 4.31. The van der Waals surface area contributed by atoms with E-state index in [4.69, 9.17) is 4.74 Å². The van der Waals surface area contributed by atoms with E-state index < -0.39 is 36.4 Å². The molecule has 0 saturated heterocycles. The van der Waals surface area contributed by atoms with E-state index in [1.54, 1.807) is 25.1 Å². The summed E-state index contributed by atoms with van der Waals surface area (Å²) in [5.74, 6) is -3.33.